The number of hydrogen-bond donors (Lipinski definition) is 1. The van der Waals surface area contributed by atoms with Crippen molar-refractivity contribution in [2.75, 3.05) is 0 Å². The van der Waals surface area contributed by atoms with Crippen LogP contribution in [0.2, 0.25) is 0 Å². The standard InChI is InChI=1S/C12H7F2N3OS/c13-8-1-2-11(9(14)3-8)18-12-17-10(6-19-12)7-4-15-16-5-7/h1-6H,(H,15,16). The number of halogens is 2. The van der Waals surface area contributed by atoms with Gasteiger partial charge in [0, 0.05) is 23.2 Å². The molecule has 0 aliphatic carbocycles. The van der Waals surface area contributed by atoms with E-state index in [0.29, 0.717) is 5.69 Å². The quantitative estimate of drug-likeness (QED) is 0.797. The van der Waals surface area contributed by atoms with Crippen molar-refractivity contribution in [3.8, 4) is 22.2 Å². The Morgan fingerprint density at radius 1 is 1.26 bits per heavy atom. The van der Waals surface area contributed by atoms with Crippen LogP contribution in [0.3, 0.4) is 0 Å². The third-order valence-electron chi connectivity index (χ3n) is 2.37. The SMILES string of the molecule is Fc1ccc(Oc2nc(-c3cn[nH]c3)cs2)c(F)c1. The molecule has 0 fully saturated rings. The number of aromatic nitrogens is 3. The minimum Gasteiger partial charge on any atom is -0.428 e. The van der Waals surface area contributed by atoms with Gasteiger partial charge >= 0.3 is 0 Å². The van der Waals surface area contributed by atoms with E-state index < -0.39 is 11.6 Å². The number of nitrogens with one attached hydrogen (secondary N) is 1. The number of hydrogen-bond acceptors (Lipinski definition) is 4. The van der Waals surface area contributed by atoms with Crippen LogP contribution in [0.4, 0.5) is 8.78 Å². The summed E-state index contributed by atoms with van der Waals surface area (Å²) in [6, 6.07) is 3.12. The van der Waals surface area contributed by atoms with Crippen LogP contribution in [0.25, 0.3) is 11.3 Å². The van der Waals surface area contributed by atoms with Gasteiger partial charge in [-0.25, -0.2) is 13.8 Å². The molecular weight excluding hydrogens is 272 g/mol. The van der Waals surface area contributed by atoms with Gasteiger partial charge in [0.25, 0.3) is 5.19 Å². The van der Waals surface area contributed by atoms with E-state index in [2.05, 4.69) is 15.2 Å². The van der Waals surface area contributed by atoms with Crippen LogP contribution in [0, 0.1) is 11.6 Å². The van der Waals surface area contributed by atoms with Crippen LogP contribution in [0.15, 0.2) is 36.0 Å². The average molecular weight is 279 g/mol. The second-order valence-electron chi connectivity index (χ2n) is 3.66. The number of rotatable bonds is 3. The van der Waals surface area contributed by atoms with Gasteiger partial charge in [-0.2, -0.15) is 5.10 Å². The predicted molar refractivity (Wildman–Crippen MR) is 66.1 cm³/mol. The fraction of sp³-hybridized carbons (Fsp3) is 0. The molecule has 4 nitrogen and oxygen atoms in total. The number of H-pyrrole nitrogens is 1. The van der Waals surface area contributed by atoms with Gasteiger partial charge in [-0.1, -0.05) is 11.3 Å². The first-order valence-corrected chi connectivity index (χ1v) is 6.18. The zero-order valence-corrected chi connectivity index (χ0v) is 10.2. The molecule has 3 rings (SSSR count). The Hall–Kier alpha value is -2.28. The highest BCUT2D eigenvalue weighted by molar-refractivity contribution is 7.11. The molecule has 0 bridgehead atoms. The molecule has 2 aromatic heterocycles. The van der Waals surface area contributed by atoms with E-state index >= 15 is 0 Å². The lowest BCUT2D eigenvalue weighted by molar-refractivity contribution is 0.435. The molecule has 0 unspecified atom stereocenters. The van der Waals surface area contributed by atoms with E-state index in [0.717, 1.165) is 17.7 Å². The van der Waals surface area contributed by atoms with Crippen LogP contribution in [-0.4, -0.2) is 15.2 Å². The van der Waals surface area contributed by atoms with Crippen LogP contribution in [-0.2, 0) is 0 Å². The lowest BCUT2D eigenvalue weighted by Gasteiger charge is -2.02. The normalized spacial score (nSPS) is 10.6. The smallest absolute Gasteiger partial charge is 0.279 e. The highest BCUT2D eigenvalue weighted by Gasteiger charge is 2.10. The summed E-state index contributed by atoms with van der Waals surface area (Å²) in [6.07, 6.45) is 3.31. The van der Waals surface area contributed by atoms with Gasteiger partial charge in [0.15, 0.2) is 11.6 Å². The monoisotopic (exact) mass is 279 g/mol. The Labute approximate surface area is 110 Å². The highest BCUT2D eigenvalue weighted by atomic mass is 32.1. The maximum Gasteiger partial charge on any atom is 0.279 e. The maximum absolute atomic E-state index is 13.4. The summed E-state index contributed by atoms with van der Waals surface area (Å²) in [5, 5.41) is 8.53. The molecule has 0 saturated carbocycles. The van der Waals surface area contributed by atoms with E-state index in [1.165, 1.54) is 17.4 Å². The molecule has 2 heterocycles. The summed E-state index contributed by atoms with van der Waals surface area (Å²) in [4.78, 5) is 4.19. The fourth-order valence-corrected chi connectivity index (χ4v) is 2.17. The Morgan fingerprint density at radius 3 is 2.89 bits per heavy atom. The van der Waals surface area contributed by atoms with Crippen molar-refractivity contribution < 1.29 is 13.5 Å². The molecule has 7 heteroatoms. The summed E-state index contributed by atoms with van der Waals surface area (Å²) < 4.78 is 31.4. The minimum absolute atomic E-state index is 0.0607. The lowest BCUT2D eigenvalue weighted by Crippen LogP contribution is -1.89. The first kappa shape index (κ1) is 11.8. The molecule has 3 aromatic rings. The summed E-state index contributed by atoms with van der Waals surface area (Å²) in [5.74, 6) is -1.47. The van der Waals surface area contributed by atoms with Gasteiger partial charge in [0.05, 0.1) is 11.9 Å². The van der Waals surface area contributed by atoms with Crippen molar-refractivity contribution >= 4 is 11.3 Å². The zero-order valence-electron chi connectivity index (χ0n) is 9.43. The number of ether oxygens (including phenoxy) is 1. The third kappa shape index (κ3) is 2.45. The summed E-state index contributed by atoms with van der Waals surface area (Å²) >= 11 is 1.22. The van der Waals surface area contributed by atoms with Crippen molar-refractivity contribution in [2.24, 2.45) is 0 Å². The summed E-state index contributed by atoms with van der Waals surface area (Å²) in [5.41, 5.74) is 1.49. The van der Waals surface area contributed by atoms with Crippen LogP contribution in [0.1, 0.15) is 0 Å². The van der Waals surface area contributed by atoms with Gasteiger partial charge in [-0.3, -0.25) is 5.10 Å². The van der Waals surface area contributed by atoms with Crippen LogP contribution < -0.4 is 4.74 Å². The second kappa shape index (κ2) is 4.77. The molecule has 1 aromatic carbocycles. The van der Waals surface area contributed by atoms with Crippen molar-refractivity contribution in [3.63, 3.8) is 0 Å². The first-order chi connectivity index (χ1) is 9.22. The maximum atomic E-state index is 13.4. The third-order valence-corrected chi connectivity index (χ3v) is 3.09. The lowest BCUT2D eigenvalue weighted by atomic mass is 10.3. The van der Waals surface area contributed by atoms with E-state index in [9.17, 15) is 8.78 Å². The molecule has 0 atom stereocenters. The molecular formula is C12H7F2N3OS. The van der Waals surface area contributed by atoms with E-state index in [1.807, 2.05) is 0 Å². The van der Waals surface area contributed by atoms with Gasteiger partial charge in [0.1, 0.15) is 5.82 Å². The van der Waals surface area contributed by atoms with Crippen molar-refractivity contribution in [2.45, 2.75) is 0 Å². The highest BCUT2D eigenvalue weighted by Crippen LogP contribution is 2.30. The fourth-order valence-electron chi connectivity index (χ4n) is 1.48. The van der Waals surface area contributed by atoms with Crippen LogP contribution in [0.5, 0.6) is 10.9 Å². The molecule has 1 N–H and O–H groups in total. The van der Waals surface area contributed by atoms with Gasteiger partial charge in [-0.15, -0.1) is 0 Å². The van der Waals surface area contributed by atoms with Crippen LogP contribution >= 0.6 is 11.3 Å². The van der Waals surface area contributed by atoms with Gasteiger partial charge < -0.3 is 4.74 Å². The first-order valence-electron chi connectivity index (χ1n) is 5.30. The Kier molecular flexibility index (Phi) is 2.96. The van der Waals surface area contributed by atoms with E-state index in [1.54, 1.807) is 17.8 Å². The minimum atomic E-state index is -0.764. The zero-order chi connectivity index (χ0) is 13.2. The number of benzene rings is 1. The molecule has 19 heavy (non-hydrogen) atoms. The van der Waals surface area contributed by atoms with Crippen molar-refractivity contribution in [3.05, 3.63) is 47.6 Å². The largest absolute Gasteiger partial charge is 0.428 e. The Balaban J connectivity index is 1.84. The number of aromatic amines is 1. The Morgan fingerprint density at radius 2 is 2.16 bits per heavy atom. The molecule has 96 valence electrons. The van der Waals surface area contributed by atoms with Crippen molar-refractivity contribution in [1.82, 2.24) is 15.2 Å². The van der Waals surface area contributed by atoms with E-state index in [-0.39, 0.29) is 10.9 Å². The number of nitrogens with zero attached hydrogens (tertiary/aromatic N) is 2. The number of thiazole rings is 1. The topological polar surface area (TPSA) is 50.8 Å². The molecule has 0 radical (unpaired) electrons. The second-order valence-corrected chi connectivity index (χ2v) is 4.48. The predicted octanol–water partition coefficient (Wildman–Crippen LogP) is 3.60. The summed E-state index contributed by atoms with van der Waals surface area (Å²) in [6.45, 7) is 0. The Bertz CT molecular complexity index is 697. The van der Waals surface area contributed by atoms with Gasteiger partial charge in [-0.05, 0) is 12.1 Å². The van der Waals surface area contributed by atoms with E-state index in [4.69, 9.17) is 4.74 Å². The molecule has 0 aliphatic rings. The van der Waals surface area contributed by atoms with Crippen molar-refractivity contribution in [1.29, 1.82) is 0 Å². The molecule has 0 spiro atoms. The molecule has 0 amide bonds. The molecule has 0 saturated heterocycles. The van der Waals surface area contributed by atoms with Gasteiger partial charge in [0.2, 0.25) is 0 Å². The molecule has 0 aliphatic heterocycles. The average Bonchev–Trinajstić information content (AvgIpc) is 3.03. The summed E-state index contributed by atoms with van der Waals surface area (Å²) in [7, 11) is 0.